The van der Waals surface area contributed by atoms with E-state index in [1.807, 2.05) is 12.1 Å². The van der Waals surface area contributed by atoms with Crippen LogP contribution in [-0.4, -0.2) is 25.5 Å². The molecule has 9 heteroatoms. The second-order valence-corrected chi connectivity index (χ2v) is 5.37. The summed E-state index contributed by atoms with van der Waals surface area (Å²) in [5.41, 5.74) is 0.888. The minimum absolute atomic E-state index is 0.109. The molecule has 124 valence electrons. The van der Waals surface area contributed by atoms with Crippen LogP contribution in [0.2, 0.25) is 5.02 Å². The second-order valence-electron chi connectivity index (χ2n) is 4.94. The first kappa shape index (κ1) is 16.1. The van der Waals surface area contributed by atoms with Gasteiger partial charge in [0.15, 0.2) is 11.5 Å². The van der Waals surface area contributed by atoms with Gasteiger partial charge in [-0.2, -0.15) is 19.0 Å². The highest BCUT2D eigenvalue weighted by molar-refractivity contribution is 6.30. The van der Waals surface area contributed by atoms with E-state index in [0.29, 0.717) is 22.1 Å². The topological polar surface area (TPSA) is 64.7 Å². The number of hydrogen-bond acceptors (Lipinski definition) is 3. The number of aromatic nitrogens is 4. The molecule has 2 heterocycles. The van der Waals surface area contributed by atoms with Crippen LogP contribution in [0.25, 0.3) is 0 Å². The van der Waals surface area contributed by atoms with E-state index >= 15 is 0 Å². The van der Waals surface area contributed by atoms with E-state index in [2.05, 4.69) is 15.5 Å². The van der Waals surface area contributed by atoms with Gasteiger partial charge in [-0.3, -0.25) is 9.48 Å². The van der Waals surface area contributed by atoms with E-state index in [1.165, 1.54) is 6.07 Å². The lowest BCUT2D eigenvalue weighted by Gasteiger charge is -2.02. The van der Waals surface area contributed by atoms with Crippen molar-refractivity contribution in [1.82, 2.24) is 19.6 Å². The van der Waals surface area contributed by atoms with Crippen molar-refractivity contribution in [2.24, 2.45) is 0 Å². The lowest BCUT2D eigenvalue weighted by Crippen LogP contribution is -2.14. The van der Waals surface area contributed by atoms with Crippen LogP contribution in [0.5, 0.6) is 0 Å². The van der Waals surface area contributed by atoms with Crippen LogP contribution in [0.4, 0.5) is 14.6 Å². The van der Waals surface area contributed by atoms with E-state index in [0.717, 1.165) is 11.8 Å². The van der Waals surface area contributed by atoms with E-state index in [-0.39, 0.29) is 5.69 Å². The Bertz CT molecular complexity index is 844. The molecule has 24 heavy (non-hydrogen) atoms. The number of alkyl halides is 2. The maximum atomic E-state index is 12.5. The minimum atomic E-state index is -2.79. The van der Waals surface area contributed by atoms with Crippen molar-refractivity contribution in [2.45, 2.75) is 13.1 Å². The highest BCUT2D eigenvalue weighted by Crippen LogP contribution is 2.13. The van der Waals surface area contributed by atoms with Gasteiger partial charge in [-0.1, -0.05) is 23.7 Å². The molecule has 0 radical (unpaired) electrons. The van der Waals surface area contributed by atoms with Gasteiger partial charge < -0.3 is 5.32 Å². The lowest BCUT2D eigenvalue weighted by atomic mass is 10.2. The summed E-state index contributed by atoms with van der Waals surface area (Å²) in [6, 6.07) is 10.1. The fraction of sp³-hybridized carbons (Fsp3) is 0.133. The van der Waals surface area contributed by atoms with E-state index < -0.39 is 12.5 Å². The number of anilines is 1. The molecule has 0 saturated carbocycles. The normalized spacial score (nSPS) is 11.0. The van der Waals surface area contributed by atoms with Crippen LogP contribution in [0.15, 0.2) is 48.8 Å². The Kier molecular flexibility index (Phi) is 4.57. The van der Waals surface area contributed by atoms with Gasteiger partial charge in [0, 0.05) is 23.5 Å². The smallest absolute Gasteiger partial charge is 0.304 e. The van der Waals surface area contributed by atoms with Crippen LogP contribution in [-0.2, 0) is 6.54 Å². The first-order valence-electron chi connectivity index (χ1n) is 6.94. The molecule has 3 rings (SSSR count). The number of nitrogens with zero attached hydrogens (tertiary/aromatic N) is 4. The standard InChI is InChI=1S/C15H12ClF2N5O/c16-11-3-1-10(2-4-11)9-22-7-6-13(21-22)19-14(24)12-5-8-23(20-12)15(17)18/h1-8,15H,9H2,(H,19,21,24). The Morgan fingerprint density at radius 3 is 2.54 bits per heavy atom. The molecule has 1 N–H and O–H groups in total. The van der Waals surface area contributed by atoms with Crippen LogP contribution < -0.4 is 5.32 Å². The number of carbonyl (C=O) groups is 1. The maximum absolute atomic E-state index is 12.5. The van der Waals surface area contributed by atoms with Crippen LogP contribution in [0, 0.1) is 0 Å². The number of nitrogens with one attached hydrogen (secondary N) is 1. The predicted octanol–water partition coefficient (Wildman–Crippen LogP) is 3.43. The van der Waals surface area contributed by atoms with Gasteiger partial charge in [0.25, 0.3) is 5.91 Å². The zero-order chi connectivity index (χ0) is 17.1. The molecule has 2 aromatic heterocycles. The van der Waals surface area contributed by atoms with Gasteiger partial charge in [0.1, 0.15) is 0 Å². The van der Waals surface area contributed by atoms with Crippen LogP contribution in [0.1, 0.15) is 22.6 Å². The molecule has 6 nitrogen and oxygen atoms in total. The highest BCUT2D eigenvalue weighted by atomic mass is 35.5. The Labute approximate surface area is 140 Å². The van der Waals surface area contributed by atoms with Gasteiger partial charge >= 0.3 is 6.55 Å². The fourth-order valence-electron chi connectivity index (χ4n) is 2.04. The molecular formula is C15H12ClF2N5O. The third kappa shape index (κ3) is 3.77. The van der Waals surface area contributed by atoms with Crippen molar-refractivity contribution in [2.75, 3.05) is 5.32 Å². The zero-order valence-corrected chi connectivity index (χ0v) is 13.0. The summed E-state index contributed by atoms with van der Waals surface area (Å²) in [4.78, 5) is 12.0. The van der Waals surface area contributed by atoms with Crippen LogP contribution in [0.3, 0.4) is 0 Å². The number of benzene rings is 1. The van der Waals surface area contributed by atoms with Gasteiger partial charge in [-0.15, -0.1) is 0 Å². The van der Waals surface area contributed by atoms with Gasteiger partial charge in [0.05, 0.1) is 6.54 Å². The van der Waals surface area contributed by atoms with Crippen molar-refractivity contribution < 1.29 is 13.6 Å². The maximum Gasteiger partial charge on any atom is 0.333 e. The number of hydrogen-bond donors (Lipinski definition) is 1. The highest BCUT2D eigenvalue weighted by Gasteiger charge is 2.14. The van der Waals surface area contributed by atoms with Crippen molar-refractivity contribution in [3.63, 3.8) is 0 Å². The summed E-state index contributed by atoms with van der Waals surface area (Å²) < 4.78 is 26.9. The molecular weight excluding hydrogens is 340 g/mol. The van der Waals surface area contributed by atoms with Crippen molar-refractivity contribution in [3.05, 3.63) is 65.1 Å². The molecule has 0 fully saturated rings. The van der Waals surface area contributed by atoms with Crippen molar-refractivity contribution in [1.29, 1.82) is 0 Å². The molecule has 3 aromatic rings. The molecule has 0 atom stereocenters. The zero-order valence-electron chi connectivity index (χ0n) is 12.2. The summed E-state index contributed by atoms with van der Waals surface area (Å²) in [5, 5.41) is 10.9. The monoisotopic (exact) mass is 351 g/mol. The molecule has 1 amide bonds. The summed E-state index contributed by atoms with van der Waals surface area (Å²) >= 11 is 5.83. The summed E-state index contributed by atoms with van der Waals surface area (Å²) in [6.45, 7) is -2.28. The third-order valence-electron chi connectivity index (χ3n) is 3.18. The second kappa shape index (κ2) is 6.79. The SMILES string of the molecule is O=C(Nc1ccn(Cc2ccc(Cl)cc2)n1)c1ccn(C(F)F)n1. The molecule has 0 saturated heterocycles. The Morgan fingerprint density at radius 1 is 1.12 bits per heavy atom. The Hall–Kier alpha value is -2.74. The van der Waals surface area contributed by atoms with Gasteiger partial charge in [-0.25, -0.2) is 4.68 Å². The Morgan fingerprint density at radius 2 is 1.88 bits per heavy atom. The van der Waals surface area contributed by atoms with E-state index in [9.17, 15) is 13.6 Å². The number of carbonyl (C=O) groups excluding carboxylic acids is 1. The molecule has 0 unspecified atom stereocenters. The van der Waals surface area contributed by atoms with Crippen molar-refractivity contribution >= 4 is 23.3 Å². The Balaban J connectivity index is 1.64. The quantitative estimate of drug-likeness (QED) is 0.766. The first-order valence-corrected chi connectivity index (χ1v) is 7.31. The lowest BCUT2D eigenvalue weighted by molar-refractivity contribution is 0.0561. The fourth-order valence-corrected chi connectivity index (χ4v) is 2.17. The molecule has 0 bridgehead atoms. The molecule has 0 aliphatic carbocycles. The van der Waals surface area contributed by atoms with Gasteiger partial charge in [-0.05, 0) is 23.8 Å². The van der Waals surface area contributed by atoms with E-state index in [4.69, 9.17) is 11.6 Å². The number of halogens is 3. The number of rotatable bonds is 5. The molecule has 0 aliphatic rings. The summed E-state index contributed by atoms with van der Waals surface area (Å²) in [7, 11) is 0. The molecule has 0 aliphatic heterocycles. The summed E-state index contributed by atoms with van der Waals surface area (Å²) in [6.07, 6.45) is 2.74. The minimum Gasteiger partial charge on any atom is -0.304 e. The average molecular weight is 352 g/mol. The molecule has 1 aromatic carbocycles. The average Bonchev–Trinajstić information content (AvgIpc) is 3.19. The van der Waals surface area contributed by atoms with Crippen molar-refractivity contribution in [3.8, 4) is 0 Å². The largest absolute Gasteiger partial charge is 0.333 e. The predicted molar refractivity (Wildman–Crippen MR) is 84.2 cm³/mol. The molecule has 0 spiro atoms. The number of amides is 1. The first-order chi connectivity index (χ1) is 11.5. The third-order valence-corrected chi connectivity index (χ3v) is 3.43. The van der Waals surface area contributed by atoms with Crippen LogP contribution >= 0.6 is 11.6 Å². The van der Waals surface area contributed by atoms with E-state index in [1.54, 1.807) is 29.1 Å². The van der Waals surface area contributed by atoms with Gasteiger partial charge in [0.2, 0.25) is 0 Å². The summed E-state index contributed by atoms with van der Waals surface area (Å²) in [5.74, 6) is -0.299.